The number of carboxylic acids is 1. The normalized spacial score (nSPS) is 23.2. The van der Waals surface area contributed by atoms with Gasteiger partial charge < -0.3 is 9.84 Å². The van der Waals surface area contributed by atoms with Crippen molar-refractivity contribution in [2.45, 2.75) is 37.5 Å². The molecule has 94 valence electrons. The summed E-state index contributed by atoms with van der Waals surface area (Å²) < 4.78 is 30.4. The highest BCUT2D eigenvalue weighted by atomic mass is 32.2. The molecule has 0 radical (unpaired) electrons. The number of carbonyl (C=O) groups is 1. The summed E-state index contributed by atoms with van der Waals surface area (Å²) in [4.78, 5) is 10.5. The lowest BCUT2D eigenvalue weighted by molar-refractivity contribution is -0.136. The van der Waals surface area contributed by atoms with Crippen molar-refractivity contribution in [2.75, 3.05) is 13.2 Å². The number of nitrogens with one attached hydrogen (secondary N) is 1. The topological polar surface area (TPSA) is 92.7 Å². The Balaban J connectivity index is 2.33. The number of hydrogen-bond donors (Lipinski definition) is 2. The fourth-order valence-corrected chi connectivity index (χ4v) is 2.41. The van der Waals surface area contributed by atoms with E-state index in [0.717, 1.165) is 26.4 Å². The van der Waals surface area contributed by atoms with Crippen molar-refractivity contribution in [3.8, 4) is 0 Å². The molecule has 0 amide bonds. The predicted octanol–water partition coefficient (Wildman–Crippen LogP) is -0.0520. The first-order valence-electron chi connectivity index (χ1n) is 5.26. The molecule has 6 nitrogen and oxygen atoms in total. The summed E-state index contributed by atoms with van der Waals surface area (Å²) in [5, 5.41) is 7.17. The van der Waals surface area contributed by atoms with Crippen LogP contribution >= 0.6 is 0 Å². The molecule has 0 spiro atoms. The lowest BCUT2D eigenvalue weighted by atomic mass is 10.2. The largest absolute Gasteiger partial charge is 0.480 e. The first-order chi connectivity index (χ1) is 7.43. The Labute approximate surface area is 95.0 Å². The molecular formula is C9H17NO5S. The van der Waals surface area contributed by atoms with E-state index in [0.29, 0.717) is 6.42 Å². The standard InChI is InChI=1S/C9H17NO5S/c1-7(9(11)12)16(13,14)10-5-4-8-3-2-6-15-8/h7-8,10H,2-6H2,1H3,(H,11,12). The SMILES string of the molecule is CC(C(=O)O)S(=O)(=O)NCCC1CCCO1. The Morgan fingerprint density at radius 1 is 1.62 bits per heavy atom. The molecule has 0 aromatic rings. The van der Waals surface area contributed by atoms with Crippen molar-refractivity contribution in [3.63, 3.8) is 0 Å². The average Bonchev–Trinajstić information content (AvgIpc) is 2.69. The summed E-state index contributed by atoms with van der Waals surface area (Å²) in [6.07, 6.45) is 2.63. The van der Waals surface area contributed by atoms with Crippen LogP contribution in [0.25, 0.3) is 0 Å². The molecule has 1 aliphatic heterocycles. The van der Waals surface area contributed by atoms with E-state index in [2.05, 4.69) is 4.72 Å². The smallest absolute Gasteiger partial charge is 0.323 e. The minimum Gasteiger partial charge on any atom is -0.480 e. The van der Waals surface area contributed by atoms with Crippen LogP contribution in [0, 0.1) is 0 Å². The molecule has 1 heterocycles. The lowest BCUT2D eigenvalue weighted by Crippen LogP contribution is -2.38. The molecular weight excluding hydrogens is 234 g/mol. The zero-order chi connectivity index (χ0) is 12.2. The Morgan fingerprint density at radius 3 is 2.81 bits per heavy atom. The van der Waals surface area contributed by atoms with Crippen LogP contribution in [0.4, 0.5) is 0 Å². The molecule has 1 rings (SSSR count). The van der Waals surface area contributed by atoms with Crippen molar-refractivity contribution in [3.05, 3.63) is 0 Å². The van der Waals surface area contributed by atoms with Gasteiger partial charge in [-0.1, -0.05) is 0 Å². The third kappa shape index (κ3) is 3.73. The lowest BCUT2D eigenvalue weighted by Gasteiger charge is -2.12. The number of aliphatic carboxylic acids is 1. The zero-order valence-electron chi connectivity index (χ0n) is 9.18. The van der Waals surface area contributed by atoms with Crippen LogP contribution in [0.5, 0.6) is 0 Å². The van der Waals surface area contributed by atoms with Crippen LogP contribution in [0.15, 0.2) is 0 Å². The molecule has 1 saturated heterocycles. The number of hydrogen-bond acceptors (Lipinski definition) is 4. The molecule has 1 fully saturated rings. The summed E-state index contributed by atoms with van der Waals surface area (Å²) >= 11 is 0. The van der Waals surface area contributed by atoms with Gasteiger partial charge in [-0.05, 0) is 26.2 Å². The van der Waals surface area contributed by atoms with Gasteiger partial charge in [0.05, 0.1) is 6.10 Å². The predicted molar refractivity (Wildman–Crippen MR) is 57.6 cm³/mol. The van der Waals surface area contributed by atoms with Crippen LogP contribution in [0.2, 0.25) is 0 Å². The highest BCUT2D eigenvalue weighted by molar-refractivity contribution is 7.90. The van der Waals surface area contributed by atoms with Gasteiger partial charge in [0, 0.05) is 13.2 Å². The van der Waals surface area contributed by atoms with Gasteiger partial charge in [-0.2, -0.15) is 0 Å². The molecule has 16 heavy (non-hydrogen) atoms. The van der Waals surface area contributed by atoms with E-state index in [1.807, 2.05) is 0 Å². The second-order valence-electron chi connectivity index (χ2n) is 3.84. The van der Waals surface area contributed by atoms with E-state index in [1.165, 1.54) is 0 Å². The molecule has 0 bridgehead atoms. The van der Waals surface area contributed by atoms with E-state index in [9.17, 15) is 13.2 Å². The van der Waals surface area contributed by atoms with Gasteiger partial charge in [0.15, 0.2) is 5.25 Å². The Bertz CT molecular complexity index is 334. The van der Waals surface area contributed by atoms with Crippen molar-refractivity contribution < 1.29 is 23.1 Å². The highest BCUT2D eigenvalue weighted by Crippen LogP contribution is 2.14. The molecule has 2 unspecified atom stereocenters. The maximum absolute atomic E-state index is 11.4. The Morgan fingerprint density at radius 2 is 2.31 bits per heavy atom. The highest BCUT2D eigenvalue weighted by Gasteiger charge is 2.27. The minimum absolute atomic E-state index is 0.0998. The third-order valence-corrected chi connectivity index (χ3v) is 4.35. The number of sulfonamides is 1. The van der Waals surface area contributed by atoms with Crippen LogP contribution in [0.3, 0.4) is 0 Å². The van der Waals surface area contributed by atoms with E-state index in [4.69, 9.17) is 9.84 Å². The summed E-state index contributed by atoms with van der Waals surface area (Å²) in [5.41, 5.74) is 0. The quantitative estimate of drug-likeness (QED) is 0.690. The van der Waals surface area contributed by atoms with Crippen LogP contribution < -0.4 is 4.72 Å². The van der Waals surface area contributed by atoms with Crippen molar-refractivity contribution in [1.82, 2.24) is 4.72 Å². The van der Waals surface area contributed by atoms with Gasteiger partial charge in [-0.3, -0.25) is 4.79 Å². The van der Waals surface area contributed by atoms with Crippen LogP contribution in [-0.4, -0.2) is 44.0 Å². The molecule has 2 N–H and O–H groups in total. The Hall–Kier alpha value is -0.660. The molecule has 0 aromatic heterocycles. The van der Waals surface area contributed by atoms with E-state index in [1.54, 1.807) is 0 Å². The average molecular weight is 251 g/mol. The van der Waals surface area contributed by atoms with Gasteiger partial charge in [0.1, 0.15) is 0 Å². The molecule has 0 aliphatic carbocycles. The maximum atomic E-state index is 11.4. The molecule has 7 heteroatoms. The third-order valence-electron chi connectivity index (χ3n) is 2.61. The summed E-state index contributed by atoms with van der Waals surface area (Å²) in [6.45, 7) is 2.10. The van der Waals surface area contributed by atoms with Gasteiger partial charge >= 0.3 is 5.97 Å². The molecule has 0 saturated carbocycles. The monoisotopic (exact) mass is 251 g/mol. The van der Waals surface area contributed by atoms with Crippen LogP contribution in [0.1, 0.15) is 26.2 Å². The van der Waals surface area contributed by atoms with E-state index < -0.39 is 21.2 Å². The van der Waals surface area contributed by atoms with Crippen molar-refractivity contribution in [2.24, 2.45) is 0 Å². The van der Waals surface area contributed by atoms with E-state index in [-0.39, 0.29) is 12.6 Å². The van der Waals surface area contributed by atoms with Crippen molar-refractivity contribution in [1.29, 1.82) is 0 Å². The fourth-order valence-electron chi connectivity index (χ4n) is 1.49. The minimum atomic E-state index is -3.76. The van der Waals surface area contributed by atoms with Gasteiger partial charge in [-0.25, -0.2) is 13.1 Å². The maximum Gasteiger partial charge on any atom is 0.323 e. The second-order valence-corrected chi connectivity index (χ2v) is 5.93. The summed E-state index contributed by atoms with van der Waals surface area (Å²) in [7, 11) is -3.76. The fraction of sp³-hybridized carbons (Fsp3) is 0.889. The first-order valence-corrected chi connectivity index (χ1v) is 6.81. The number of carboxylic acid groups (broad SMARTS) is 1. The Kier molecular flexibility index (Phi) is 4.69. The molecule has 1 aliphatic rings. The molecule has 2 atom stereocenters. The summed E-state index contributed by atoms with van der Waals surface area (Å²) in [5.74, 6) is -1.34. The van der Waals surface area contributed by atoms with Gasteiger partial charge in [0.2, 0.25) is 10.0 Å². The van der Waals surface area contributed by atoms with Gasteiger partial charge in [-0.15, -0.1) is 0 Å². The van der Waals surface area contributed by atoms with Crippen LogP contribution in [-0.2, 0) is 19.6 Å². The van der Waals surface area contributed by atoms with Gasteiger partial charge in [0.25, 0.3) is 0 Å². The zero-order valence-corrected chi connectivity index (χ0v) is 10.00. The molecule has 0 aromatic carbocycles. The number of rotatable bonds is 6. The first kappa shape index (κ1) is 13.4. The van der Waals surface area contributed by atoms with E-state index >= 15 is 0 Å². The summed E-state index contributed by atoms with van der Waals surface area (Å²) in [6, 6.07) is 0. The number of ether oxygens (including phenoxy) is 1. The van der Waals surface area contributed by atoms with Crippen molar-refractivity contribution >= 4 is 16.0 Å². The second kappa shape index (κ2) is 5.60.